The number of rotatable bonds is 3. The predicted molar refractivity (Wildman–Crippen MR) is 75.7 cm³/mol. The van der Waals surface area contributed by atoms with Gasteiger partial charge in [0.25, 0.3) is 0 Å². The van der Waals surface area contributed by atoms with Crippen molar-refractivity contribution in [3.63, 3.8) is 0 Å². The van der Waals surface area contributed by atoms with Gasteiger partial charge < -0.3 is 5.32 Å². The number of anilines is 1. The molecule has 3 nitrogen and oxygen atoms in total. The van der Waals surface area contributed by atoms with Crippen LogP contribution < -0.4 is 5.32 Å². The molecule has 1 amide bonds. The summed E-state index contributed by atoms with van der Waals surface area (Å²) >= 11 is 8.98. The lowest BCUT2D eigenvalue weighted by Crippen LogP contribution is -2.14. The molecule has 98 valence electrons. The molecule has 0 atom stereocenters. The van der Waals surface area contributed by atoms with Crippen LogP contribution in [0, 0.1) is 5.82 Å². The molecule has 0 saturated carbocycles. The molecule has 1 heterocycles. The molecule has 0 aliphatic rings. The first-order valence-corrected chi connectivity index (χ1v) is 6.57. The summed E-state index contributed by atoms with van der Waals surface area (Å²) < 4.78 is 13.3. The second kappa shape index (κ2) is 6.12. The van der Waals surface area contributed by atoms with E-state index in [4.69, 9.17) is 11.6 Å². The van der Waals surface area contributed by atoms with Gasteiger partial charge in [-0.1, -0.05) is 23.7 Å². The van der Waals surface area contributed by atoms with Crippen molar-refractivity contribution in [1.29, 1.82) is 0 Å². The summed E-state index contributed by atoms with van der Waals surface area (Å²) in [4.78, 5) is 15.7. The fourth-order valence-electron chi connectivity index (χ4n) is 1.48. The van der Waals surface area contributed by atoms with Crippen molar-refractivity contribution in [1.82, 2.24) is 4.98 Å². The van der Waals surface area contributed by atoms with E-state index in [-0.39, 0.29) is 18.1 Å². The quantitative estimate of drug-likeness (QED) is 0.861. The van der Waals surface area contributed by atoms with E-state index >= 15 is 0 Å². The van der Waals surface area contributed by atoms with Gasteiger partial charge in [0, 0.05) is 0 Å². The number of carbonyl (C=O) groups is 1. The lowest BCUT2D eigenvalue weighted by molar-refractivity contribution is -0.115. The summed E-state index contributed by atoms with van der Waals surface area (Å²) in [6.07, 6.45) is 1.64. The molecule has 2 rings (SSSR count). The number of nitrogens with zero attached hydrogens (tertiary/aromatic N) is 1. The maximum atomic E-state index is 12.7. The first-order valence-electron chi connectivity index (χ1n) is 5.40. The normalized spacial score (nSPS) is 10.3. The molecule has 2 aromatic rings. The molecule has 1 N–H and O–H groups in total. The van der Waals surface area contributed by atoms with Gasteiger partial charge in [0.1, 0.15) is 11.0 Å². The molecule has 1 aromatic heterocycles. The van der Waals surface area contributed by atoms with Crippen LogP contribution in [0.15, 0.2) is 41.0 Å². The monoisotopic (exact) mass is 342 g/mol. The van der Waals surface area contributed by atoms with E-state index in [9.17, 15) is 9.18 Å². The Kier molecular flexibility index (Phi) is 4.50. The first-order chi connectivity index (χ1) is 9.04. The average Bonchev–Trinajstić information content (AvgIpc) is 2.37. The molecule has 0 aliphatic carbocycles. The Labute approximate surface area is 122 Å². The van der Waals surface area contributed by atoms with Gasteiger partial charge in [0.2, 0.25) is 5.91 Å². The minimum atomic E-state index is -0.324. The Morgan fingerprint density at radius 1 is 1.37 bits per heavy atom. The zero-order valence-corrected chi connectivity index (χ0v) is 12.0. The smallest absolute Gasteiger partial charge is 0.228 e. The second-order valence-corrected chi connectivity index (χ2v) is 5.06. The lowest BCUT2D eigenvalue weighted by atomic mass is 10.1. The molecule has 6 heteroatoms. The largest absolute Gasteiger partial charge is 0.324 e. The zero-order chi connectivity index (χ0) is 13.8. The van der Waals surface area contributed by atoms with E-state index < -0.39 is 0 Å². The van der Waals surface area contributed by atoms with Gasteiger partial charge in [-0.3, -0.25) is 4.79 Å². The van der Waals surface area contributed by atoms with E-state index in [1.54, 1.807) is 18.2 Å². The molecule has 0 unspecified atom stereocenters. The van der Waals surface area contributed by atoms with Gasteiger partial charge in [0.15, 0.2) is 0 Å². The number of carbonyl (C=O) groups excluding carboxylic acids is 1. The van der Waals surface area contributed by atoms with Gasteiger partial charge >= 0.3 is 0 Å². The van der Waals surface area contributed by atoms with Crippen molar-refractivity contribution in [3.8, 4) is 0 Å². The number of aromatic nitrogens is 1. The van der Waals surface area contributed by atoms with Crippen molar-refractivity contribution < 1.29 is 9.18 Å². The summed E-state index contributed by atoms with van der Waals surface area (Å²) in [6.45, 7) is 0. The highest BCUT2D eigenvalue weighted by Gasteiger charge is 2.06. The van der Waals surface area contributed by atoms with Gasteiger partial charge in [0.05, 0.1) is 22.8 Å². The maximum absolute atomic E-state index is 12.7. The minimum absolute atomic E-state index is 0.167. The number of amides is 1. The summed E-state index contributed by atoms with van der Waals surface area (Å²) in [7, 11) is 0. The Balaban J connectivity index is 2.01. The van der Waals surface area contributed by atoms with Crippen LogP contribution in [0.4, 0.5) is 10.1 Å². The maximum Gasteiger partial charge on any atom is 0.228 e. The third kappa shape index (κ3) is 4.01. The number of nitrogens with one attached hydrogen (secondary N) is 1. The molecule has 19 heavy (non-hydrogen) atoms. The van der Waals surface area contributed by atoms with Crippen molar-refractivity contribution in [2.24, 2.45) is 0 Å². The Morgan fingerprint density at radius 2 is 2.05 bits per heavy atom. The topological polar surface area (TPSA) is 42.0 Å². The molecular formula is C13H9BrClFN2O. The highest BCUT2D eigenvalue weighted by atomic mass is 79.9. The zero-order valence-electron chi connectivity index (χ0n) is 9.66. The lowest BCUT2D eigenvalue weighted by Gasteiger charge is -2.06. The summed E-state index contributed by atoms with van der Waals surface area (Å²) in [5.41, 5.74) is 1.28. The van der Waals surface area contributed by atoms with E-state index in [2.05, 4.69) is 26.2 Å². The van der Waals surface area contributed by atoms with Crippen LogP contribution in [-0.2, 0) is 11.2 Å². The molecule has 0 saturated heterocycles. The van der Waals surface area contributed by atoms with Crippen molar-refractivity contribution in [2.45, 2.75) is 6.42 Å². The summed E-state index contributed by atoms with van der Waals surface area (Å²) in [5.74, 6) is -0.530. The van der Waals surface area contributed by atoms with Crippen LogP contribution in [0.3, 0.4) is 0 Å². The highest BCUT2D eigenvalue weighted by molar-refractivity contribution is 9.10. The summed E-state index contributed by atoms with van der Waals surface area (Å²) in [5, 5.41) is 3.02. The first kappa shape index (κ1) is 14.0. The molecular weight excluding hydrogens is 335 g/mol. The van der Waals surface area contributed by atoms with Gasteiger partial charge in [-0.15, -0.1) is 0 Å². The van der Waals surface area contributed by atoms with Crippen LogP contribution in [-0.4, -0.2) is 10.9 Å². The minimum Gasteiger partial charge on any atom is -0.324 e. The van der Waals surface area contributed by atoms with Crippen molar-refractivity contribution in [3.05, 3.63) is 57.5 Å². The standard InChI is InChI=1S/C13H9BrClFN2O/c14-11-6-10(7-17-13(11)15)18-12(19)5-8-1-3-9(16)4-2-8/h1-4,6-7H,5H2,(H,18,19). The number of halogens is 3. The van der Waals surface area contributed by atoms with Crippen molar-refractivity contribution in [2.75, 3.05) is 5.32 Å². The average molecular weight is 344 g/mol. The van der Waals surface area contributed by atoms with Gasteiger partial charge in [-0.2, -0.15) is 0 Å². The SMILES string of the molecule is O=C(Cc1ccc(F)cc1)Nc1cnc(Cl)c(Br)c1. The highest BCUT2D eigenvalue weighted by Crippen LogP contribution is 2.22. The number of benzene rings is 1. The second-order valence-electron chi connectivity index (χ2n) is 3.85. The van der Waals surface area contributed by atoms with Gasteiger partial charge in [-0.05, 0) is 39.7 Å². The number of hydrogen-bond acceptors (Lipinski definition) is 2. The van der Waals surface area contributed by atoms with E-state index in [0.29, 0.717) is 15.3 Å². The number of pyridine rings is 1. The van der Waals surface area contributed by atoms with Crippen LogP contribution in [0.2, 0.25) is 5.15 Å². The third-order valence-corrected chi connectivity index (χ3v) is 3.49. The van der Waals surface area contributed by atoms with E-state index in [1.165, 1.54) is 18.3 Å². The molecule has 0 bridgehead atoms. The Morgan fingerprint density at radius 3 is 2.68 bits per heavy atom. The van der Waals surface area contributed by atoms with E-state index in [0.717, 1.165) is 5.56 Å². The van der Waals surface area contributed by atoms with Crippen LogP contribution in [0.25, 0.3) is 0 Å². The number of hydrogen-bond donors (Lipinski definition) is 1. The van der Waals surface area contributed by atoms with Crippen LogP contribution >= 0.6 is 27.5 Å². The Hall–Kier alpha value is -1.46. The fraction of sp³-hybridized carbons (Fsp3) is 0.0769. The predicted octanol–water partition coefficient (Wildman–Crippen LogP) is 3.82. The summed E-state index contributed by atoms with van der Waals surface area (Å²) in [6, 6.07) is 7.46. The molecule has 0 radical (unpaired) electrons. The third-order valence-electron chi connectivity index (χ3n) is 2.36. The van der Waals surface area contributed by atoms with E-state index in [1.807, 2.05) is 0 Å². The van der Waals surface area contributed by atoms with Crippen LogP contribution in [0.1, 0.15) is 5.56 Å². The molecule has 0 fully saturated rings. The molecule has 0 aliphatic heterocycles. The molecule has 0 spiro atoms. The Bertz CT molecular complexity index is 604. The fourth-order valence-corrected chi connectivity index (χ4v) is 1.93. The van der Waals surface area contributed by atoms with Crippen LogP contribution in [0.5, 0.6) is 0 Å². The molecule has 1 aromatic carbocycles. The van der Waals surface area contributed by atoms with Crippen molar-refractivity contribution >= 4 is 39.1 Å². The van der Waals surface area contributed by atoms with Gasteiger partial charge in [-0.25, -0.2) is 9.37 Å².